The van der Waals surface area contributed by atoms with Gasteiger partial charge in [-0.1, -0.05) is 39.0 Å². The number of hydrogen-bond donors (Lipinski definition) is 1. The molecule has 100 valence electrons. The molecule has 1 aromatic carbocycles. The molecule has 0 bridgehead atoms. The number of ether oxygens (including phenoxy) is 1. The molecule has 18 heavy (non-hydrogen) atoms. The average Bonchev–Trinajstić information content (AvgIpc) is 2.38. The van der Waals surface area contributed by atoms with Gasteiger partial charge < -0.3 is 10.5 Å². The fourth-order valence-electron chi connectivity index (χ4n) is 2.70. The van der Waals surface area contributed by atoms with Crippen LogP contribution in [0.25, 0.3) is 0 Å². The van der Waals surface area contributed by atoms with Crippen molar-refractivity contribution in [3.63, 3.8) is 0 Å². The first-order valence-corrected chi connectivity index (χ1v) is 7.07. The monoisotopic (exact) mass is 247 g/mol. The van der Waals surface area contributed by atoms with Crippen LogP contribution in [0, 0.1) is 11.8 Å². The molecule has 0 saturated heterocycles. The van der Waals surface area contributed by atoms with E-state index in [1.54, 1.807) is 0 Å². The fourth-order valence-corrected chi connectivity index (χ4v) is 2.70. The van der Waals surface area contributed by atoms with E-state index in [1.165, 1.54) is 5.56 Å². The second-order valence-corrected chi connectivity index (χ2v) is 5.87. The Morgan fingerprint density at radius 1 is 1.28 bits per heavy atom. The van der Waals surface area contributed by atoms with E-state index in [0.29, 0.717) is 17.8 Å². The highest BCUT2D eigenvalue weighted by molar-refractivity contribution is 5.37. The molecule has 1 aliphatic rings. The van der Waals surface area contributed by atoms with Crippen LogP contribution in [0.2, 0.25) is 0 Å². The summed E-state index contributed by atoms with van der Waals surface area (Å²) in [7, 11) is 0. The quantitative estimate of drug-likeness (QED) is 0.883. The van der Waals surface area contributed by atoms with Gasteiger partial charge in [-0.05, 0) is 42.2 Å². The Bertz CT molecular complexity index is 388. The van der Waals surface area contributed by atoms with Crippen molar-refractivity contribution in [2.75, 3.05) is 6.61 Å². The maximum absolute atomic E-state index is 6.37. The van der Waals surface area contributed by atoms with E-state index < -0.39 is 0 Å². The minimum atomic E-state index is 0.279. The van der Waals surface area contributed by atoms with E-state index in [0.717, 1.165) is 25.2 Å². The number of fused-ring (bicyclic) bond motifs is 1. The Kier molecular flexibility index (Phi) is 4.28. The van der Waals surface area contributed by atoms with Gasteiger partial charge in [0.1, 0.15) is 5.75 Å². The fraction of sp³-hybridized carbons (Fsp3) is 0.625. The van der Waals surface area contributed by atoms with Crippen LogP contribution in [0.1, 0.15) is 45.1 Å². The topological polar surface area (TPSA) is 35.2 Å². The van der Waals surface area contributed by atoms with Gasteiger partial charge in [0.2, 0.25) is 0 Å². The maximum Gasteiger partial charge on any atom is 0.122 e. The van der Waals surface area contributed by atoms with Crippen LogP contribution in [0.3, 0.4) is 0 Å². The lowest BCUT2D eigenvalue weighted by atomic mass is 9.81. The zero-order valence-electron chi connectivity index (χ0n) is 11.7. The molecule has 0 aromatic heterocycles. The molecule has 1 aromatic rings. The molecule has 0 radical (unpaired) electrons. The summed E-state index contributed by atoms with van der Waals surface area (Å²) in [6.07, 6.45) is 2.16. The summed E-state index contributed by atoms with van der Waals surface area (Å²) in [5.74, 6) is 2.83. The van der Waals surface area contributed by atoms with Crippen molar-refractivity contribution in [3.8, 4) is 5.75 Å². The predicted molar refractivity (Wildman–Crippen MR) is 75.9 cm³/mol. The van der Waals surface area contributed by atoms with Crippen LogP contribution in [-0.2, 0) is 0 Å². The first kappa shape index (κ1) is 13.4. The summed E-state index contributed by atoms with van der Waals surface area (Å²) in [5.41, 5.74) is 7.71. The van der Waals surface area contributed by atoms with Crippen molar-refractivity contribution < 1.29 is 4.74 Å². The minimum absolute atomic E-state index is 0.279. The van der Waals surface area contributed by atoms with Crippen molar-refractivity contribution in [3.05, 3.63) is 29.8 Å². The molecule has 1 aliphatic heterocycles. The smallest absolute Gasteiger partial charge is 0.122 e. The zero-order valence-corrected chi connectivity index (χ0v) is 11.7. The van der Waals surface area contributed by atoms with Gasteiger partial charge in [0.15, 0.2) is 0 Å². The van der Waals surface area contributed by atoms with Crippen LogP contribution in [-0.4, -0.2) is 12.6 Å². The van der Waals surface area contributed by atoms with Crippen molar-refractivity contribution in [2.45, 2.75) is 45.6 Å². The lowest BCUT2D eigenvalue weighted by molar-refractivity contribution is 0.243. The number of hydrogen-bond acceptors (Lipinski definition) is 2. The summed E-state index contributed by atoms with van der Waals surface area (Å²) < 4.78 is 5.70. The van der Waals surface area contributed by atoms with Gasteiger partial charge in [0, 0.05) is 6.04 Å². The van der Waals surface area contributed by atoms with Crippen LogP contribution < -0.4 is 10.5 Å². The van der Waals surface area contributed by atoms with E-state index >= 15 is 0 Å². The van der Waals surface area contributed by atoms with Crippen LogP contribution >= 0.6 is 0 Å². The number of rotatable bonds is 4. The second-order valence-electron chi connectivity index (χ2n) is 5.87. The molecule has 0 spiro atoms. The number of para-hydroxylation sites is 1. The highest BCUT2D eigenvalue weighted by atomic mass is 16.5. The Labute approximate surface area is 111 Å². The summed E-state index contributed by atoms with van der Waals surface area (Å²) >= 11 is 0. The van der Waals surface area contributed by atoms with Crippen LogP contribution in [0.15, 0.2) is 24.3 Å². The molecule has 3 atom stereocenters. The zero-order chi connectivity index (χ0) is 13.1. The molecule has 0 aliphatic carbocycles. The van der Waals surface area contributed by atoms with E-state index in [-0.39, 0.29) is 6.04 Å². The molecule has 0 saturated carbocycles. The summed E-state index contributed by atoms with van der Waals surface area (Å²) in [6, 6.07) is 8.67. The lowest BCUT2D eigenvalue weighted by Gasteiger charge is -2.31. The molecule has 2 nitrogen and oxygen atoms in total. The van der Waals surface area contributed by atoms with E-state index in [1.807, 2.05) is 6.07 Å². The van der Waals surface area contributed by atoms with Gasteiger partial charge in [0.25, 0.3) is 0 Å². The highest BCUT2D eigenvalue weighted by Crippen LogP contribution is 2.37. The standard InChI is InChI=1S/C16H25NO/c1-11(2)12(3)15(17)10-13-8-9-18-16-7-5-4-6-14(13)16/h4-7,11-13,15H,8-10,17H2,1-3H3. The third-order valence-electron chi connectivity index (χ3n) is 4.37. The SMILES string of the molecule is CC(C)C(C)C(N)CC1CCOc2ccccc21. The highest BCUT2D eigenvalue weighted by Gasteiger charge is 2.26. The third kappa shape index (κ3) is 2.86. The first-order valence-electron chi connectivity index (χ1n) is 7.07. The van der Waals surface area contributed by atoms with Gasteiger partial charge in [-0.15, -0.1) is 0 Å². The Morgan fingerprint density at radius 3 is 2.72 bits per heavy atom. The Balaban J connectivity index is 2.07. The normalized spacial score (nSPS) is 22.2. The van der Waals surface area contributed by atoms with Crippen molar-refractivity contribution in [2.24, 2.45) is 17.6 Å². The van der Waals surface area contributed by atoms with Crippen molar-refractivity contribution in [1.29, 1.82) is 0 Å². The van der Waals surface area contributed by atoms with Gasteiger partial charge >= 0.3 is 0 Å². The van der Waals surface area contributed by atoms with Gasteiger partial charge in [-0.2, -0.15) is 0 Å². The van der Waals surface area contributed by atoms with Crippen molar-refractivity contribution >= 4 is 0 Å². The van der Waals surface area contributed by atoms with Gasteiger partial charge in [-0.25, -0.2) is 0 Å². The number of nitrogens with two attached hydrogens (primary N) is 1. The van der Waals surface area contributed by atoms with E-state index in [4.69, 9.17) is 10.5 Å². The predicted octanol–water partition coefficient (Wildman–Crippen LogP) is 3.56. The molecular formula is C16H25NO. The maximum atomic E-state index is 6.37. The summed E-state index contributed by atoms with van der Waals surface area (Å²) in [5, 5.41) is 0. The third-order valence-corrected chi connectivity index (χ3v) is 4.37. The lowest BCUT2D eigenvalue weighted by Crippen LogP contribution is -2.34. The molecule has 2 heteroatoms. The van der Waals surface area contributed by atoms with E-state index in [9.17, 15) is 0 Å². The first-order chi connectivity index (χ1) is 8.59. The molecule has 1 heterocycles. The van der Waals surface area contributed by atoms with Gasteiger partial charge in [-0.3, -0.25) is 0 Å². The molecule has 2 N–H and O–H groups in total. The Hall–Kier alpha value is -1.02. The second kappa shape index (κ2) is 5.75. The number of benzene rings is 1. The summed E-state index contributed by atoms with van der Waals surface area (Å²) in [6.45, 7) is 7.59. The molecular weight excluding hydrogens is 222 g/mol. The van der Waals surface area contributed by atoms with Gasteiger partial charge in [0.05, 0.1) is 6.61 Å². The van der Waals surface area contributed by atoms with E-state index in [2.05, 4.69) is 39.0 Å². The molecule has 0 fully saturated rings. The summed E-state index contributed by atoms with van der Waals surface area (Å²) in [4.78, 5) is 0. The average molecular weight is 247 g/mol. The van der Waals surface area contributed by atoms with Crippen LogP contribution in [0.5, 0.6) is 5.75 Å². The molecule has 2 rings (SSSR count). The van der Waals surface area contributed by atoms with Crippen molar-refractivity contribution in [1.82, 2.24) is 0 Å². The largest absolute Gasteiger partial charge is 0.493 e. The minimum Gasteiger partial charge on any atom is -0.493 e. The van der Waals surface area contributed by atoms with Crippen LogP contribution in [0.4, 0.5) is 0 Å². The Morgan fingerprint density at radius 2 is 2.00 bits per heavy atom. The molecule has 3 unspecified atom stereocenters. The molecule has 0 amide bonds.